The van der Waals surface area contributed by atoms with Crippen LogP contribution in [-0.2, 0) is 9.53 Å². The molecule has 15 heavy (non-hydrogen) atoms. The molecule has 1 aliphatic carbocycles. The number of rotatable bonds is 2. The Labute approximate surface area is 93.9 Å². The molecule has 0 saturated heterocycles. The number of carbonyl (C=O) groups is 1. The van der Waals surface area contributed by atoms with Gasteiger partial charge in [0.1, 0.15) is 5.60 Å². The molecule has 0 unspecified atom stereocenters. The number of hydrogen-bond acceptors (Lipinski definition) is 4. The monoisotopic (exact) mass is 228 g/mol. The molecule has 1 aliphatic heterocycles. The first-order chi connectivity index (χ1) is 7.19. The van der Waals surface area contributed by atoms with E-state index < -0.39 is 11.6 Å². The van der Waals surface area contributed by atoms with E-state index in [9.17, 15) is 9.90 Å². The van der Waals surface area contributed by atoms with Crippen molar-refractivity contribution in [2.24, 2.45) is 0 Å². The molecule has 0 bridgehead atoms. The van der Waals surface area contributed by atoms with E-state index in [0.717, 1.165) is 36.3 Å². The van der Waals surface area contributed by atoms with Gasteiger partial charge in [0.2, 0.25) is 5.76 Å². The van der Waals surface area contributed by atoms with Crippen molar-refractivity contribution < 1.29 is 14.6 Å². The van der Waals surface area contributed by atoms with Crippen LogP contribution in [0.1, 0.15) is 39.0 Å². The van der Waals surface area contributed by atoms with Gasteiger partial charge in [0, 0.05) is 0 Å². The predicted octanol–water partition coefficient (Wildman–Crippen LogP) is 2.77. The normalized spacial score (nSPS) is 24.7. The van der Waals surface area contributed by atoms with Crippen LogP contribution in [0, 0.1) is 0 Å². The zero-order chi connectivity index (χ0) is 10.9. The number of esters is 1. The summed E-state index contributed by atoms with van der Waals surface area (Å²) in [5.41, 5.74) is -0.472. The first kappa shape index (κ1) is 10.9. The zero-order valence-electron chi connectivity index (χ0n) is 8.91. The lowest BCUT2D eigenvalue weighted by atomic mass is 9.85. The van der Waals surface area contributed by atoms with E-state index in [1.165, 1.54) is 18.2 Å². The largest absolute Gasteiger partial charge is 0.501 e. The summed E-state index contributed by atoms with van der Waals surface area (Å²) < 4.78 is 5.38. The molecule has 1 fully saturated rings. The summed E-state index contributed by atoms with van der Waals surface area (Å²) >= 11 is 1.54. The highest BCUT2D eigenvalue weighted by Crippen LogP contribution is 2.47. The molecule has 2 aliphatic rings. The maximum absolute atomic E-state index is 11.4. The Morgan fingerprint density at radius 1 is 1.40 bits per heavy atom. The van der Waals surface area contributed by atoms with Gasteiger partial charge in [-0.1, -0.05) is 13.3 Å². The number of aliphatic hydroxyl groups is 1. The van der Waals surface area contributed by atoms with Gasteiger partial charge in [-0.3, -0.25) is 0 Å². The molecule has 3 nitrogen and oxygen atoms in total. The fraction of sp³-hybridized carbons (Fsp3) is 0.727. The van der Waals surface area contributed by atoms with Gasteiger partial charge < -0.3 is 9.84 Å². The highest BCUT2D eigenvalue weighted by Gasteiger charge is 2.48. The molecular weight excluding hydrogens is 212 g/mol. The summed E-state index contributed by atoms with van der Waals surface area (Å²) in [5, 5.41) is 9.69. The second-order valence-corrected chi connectivity index (χ2v) is 5.33. The minimum absolute atomic E-state index is 0.149. The molecule has 0 radical (unpaired) electrons. The van der Waals surface area contributed by atoms with Crippen LogP contribution in [0.2, 0.25) is 0 Å². The summed E-state index contributed by atoms with van der Waals surface area (Å²) in [6.07, 6.45) is 5.09. The first-order valence-corrected chi connectivity index (χ1v) is 6.48. The third-order valence-corrected chi connectivity index (χ3v) is 4.20. The molecule has 0 atom stereocenters. The van der Waals surface area contributed by atoms with Gasteiger partial charge >= 0.3 is 5.97 Å². The Kier molecular flexibility index (Phi) is 2.96. The van der Waals surface area contributed by atoms with E-state index in [1.807, 2.05) is 6.92 Å². The van der Waals surface area contributed by atoms with Gasteiger partial charge in [-0.2, -0.15) is 0 Å². The van der Waals surface area contributed by atoms with Crippen molar-refractivity contribution >= 4 is 17.7 Å². The molecule has 1 heterocycles. The van der Waals surface area contributed by atoms with Gasteiger partial charge in [0.05, 0.1) is 4.91 Å². The summed E-state index contributed by atoms with van der Waals surface area (Å²) in [6, 6.07) is 0. The fourth-order valence-electron chi connectivity index (χ4n) is 2.38. The summed E-state index contributed by atoms with van der Waals surface area (Å²) in [4.78, 5) is 12.2. The van der Waals surface area contributed by atoms with Crippen LogP contribution in [0.4, 0.5) is 0 Å². The Bertz CT molecular complexity index is 303. The fourth-order valence-corrected chi connectivity index (χ4v) is 3.39. The maximum Gasteiger partial charge on any atom is 0.375 e. The maximum atomic E-state index is 11.4. The summed E-state index contributed by atoms with van der Waals surface area (Å²) in [6.45, 7) is 2.02. The molecule has 0 aromatic carbocycles. The predicted molar refractivity (Wildman–Crippen MR) is 59.7 cm³/mol. The van der Waals surface area contributed by atoms with Crippen LogP contribution < -0.4 is 0 Å². The van der Waals surface area contributed by atoms with E-state index >= 15 is 0 Å². The van der Waals surface area contributed by atoms with E-state index in [1.54, 1.807) is 0 Å². The lowest BCUT2D eigenvalue weighted by Gasteiger charge is -2.33. The molecule has 0 aromatic heterocycles. The van der Waals surface area contributed by atoms with Crippen molar-refractivity contribution in [1.82, 2.24) is 0 Å². The van der Waals surface area contributed by atoms with Gasteiger partial charge in [0.15, 0.2) is 0 Å². The average Bonchev–Trinajstić information content (AvgIpc) is 2.45. The SMILES string of the molecule is CCSC1=C(O)C(=O)OC12CCCCC2. The van der Waals surface area contributed by atoms with E-state index in [2.05, 4.69) is 0 Å². The van der Waals surface area contributed by atoms with Crippen LogP contribution in [0.5, 0.6) is 0 Å². The van der Waals surface area contributed by atoms with Crippen LogP contribution in [-0.4, -0.2) is 22.4 Å². The van der Waals surface area contributed by atoms with Crippen molar-refractivity contribution in [2.45, 2.75) is 44.6 Å². The zero-order valence-corrected chi connectivity index (χ0v) is 9.73. The van der Waals surface area contributed by atoms with Crippen molar-refractivity contribution in [3.8, 4) is 0 Å². The van der Waals surface area contributed by atoms with Crippen LogP contribution in [0.15, 0.2) is 10.7 Å². The molecule has 84 valence electrons. The minimum Gasteiger partial charge on any atom is -0.501 e. The minimum atomic E-state index is -0.534. The quantitative estimate of drug-likeness (QED) is 0.738. The number of aliphatic hydroxyl groups excluding tert-OH is 1. The highest BCUT2D eigenvalue weighted by molar-refractivity contribution is 8.03. The lowest BCUT2D eigenvalue weighted by Crippen LogP contribution is -2.33. The Hall–Kier alpha value is -0.640. The number of hydrogen-bond donors (Lipinski definition) is 1. The Balaban J connectivity index is 2.28. The van der Waals surface area contributed by atoms with Crippen LogP contribution in [0.25, 0.3) is 0 Å². The lowest BCUT2D eigenvalue weighted by molar-refractivity contribution is -0.150. The Morgan fingerprint density at radius 2 is 2.07 bits per heavy atom. The van der Waals surface area contributed by atoms with Gasteiger partial charge in [0.25, 0.3) is 0 Å². The van der Waals surface area contributed by atoms with Crippen molar-refractivity contribution in [3.05, 3.63) is 10.7 Å². The average molecular weight is 228 g/mol. The molecule has 0 amide bonds. The van der Waals surface area contributed by atoms with Crippen molar-refractivity contribution in [2.75, 3.05) is 5.75 Å². The standard InChI is InChI=1S/C11H16O3S/c1-2-15-9-8(12)10(13)14-11(9)6-4-3-5-7-11/h12H,2-7H2,1H3. The third kappa shape index (κ3) is 1.75. The van der Waals surface area contributed by atoms with Crippen molar-refractivity contribution in [1.29, 1.82) is 0 Å². The molecule has 1 spiro atoms. The summed E-state index contributed by atoms with van der Waals surface area (Å²) in [7, 11) is 0. The smallest absolute Gasteiger partial charge is 0.375 e. The number of thioether (sulfide) groups is 1. The molecule has 4 heteroatoms. The number of ether oxygens (including phenoxy) is 1. The third-order valence-electron chi connectivity index (χ3n) is 3.06. The highest BCUT2D eigenvalue weighted by atomic mass is 32.2. The Morgan fingerprint density at radius 3 is 2.67 bits per heavy atom. The summed E-state index contributed by atoms with van der Waals surface area (Å²) in [5.74, 6) is 0.175. The molecule has 2 rings (SSSR count). The topological polar surface area (TPSA) is 46.5 Å². The molecule has 1 saturated carbocycles. The van der Waals surface area contributed by atoms with Gasteiger partial charge in [-0.05, 0) is 31.4 Å². The number of carbonyl (C=O) groups excluding carboxylic acids is 1. The van der Waals surface area contributed by atoms with Gasteiger partial charge in [-0.25, -0.2) is 4.79 Å². The molecule has 1 N–H and O–H groups in total. The second kappa shape index (κ2) is 4.08. The van der Waals surface area contributed by atoms with E-state index in [-0.39, 0.29) is 5.76 Å². The first-order valence-electron chi connectivity index (χ1n) is 5.49. The van der Waals surface area contributed by atoms with Crippen molar-refractivity contribution in [3.63, 3.8) is 0 Å². The van der Waals surface area contributed by atoms with E-state index in [4.69, 9.17) is 4.74 Å². The van der Waals surface area contributed by atoms with E-state index in [0.29, 0.717) is 0 Å². The second-order valence-electron chi connectivity index (χ2n) is 4.06. The van der Waals surface area contributed by atoms with Gasteiger partial charge in [-0.15, -0.1) is 11.8 Å². The van der Waals surface area contributed by atoms with Crippen LogP contribution >= 0.6 is 11.8 Å². The van der Waals surface area contributed by atoms with Crippen LogP contribution in [0.3, 0.4) is 0 Å². The molecule has 0 aromatic rings. The molecular formula is C11H16O3S.